The molecule has 0 bridgehead atoms. The molecule has 2 aromatic rings. The lowest BCUT2D eigenvalue weighted by Crippen LogP contribution is -2.18. The molecule has 0 saturated carbocycles. The Balaban J connectivity index is 2.11. The highest BCUT2D eigenvalue weighted by Crippen LogP contribution is 2.17. The number of hydrogen-bond donors (Lipinski definition) is 2. The second-order valence-corrected chi connectivity index (χ2v) is 4.81. The van der Waals surface area contributed by atoms with Crippen LogP contribution in [0.5, 0.6) is 0 Å². The molecule has 3 N–H and O–H groups in total. The molecule has 1 aromatic carbocycles. The lowest BCUT2D eigenvalue weighted by Gasteiger charge is -2.19. The Morgan fingerprint density at radius 2 is 2.20 bits per heavy atom. The van der Waals surface area contributed by atoms with Crippen LogP contribution in [0.3, 0.4) is 0 Å². The first-order valence-electron chi connectivity index (χ1n) is 5.99. The maximum atomic E-state index is 8.59. The predicted octanol–water partition coefficient (Wildman–Crippen LogP) is 2.47. The third-order valence-corrected chi connectivity index (χ3v) is 3.10. The van der Waals surface area contributed by atoms with Crippen molar-refractivity contribution < 1.29 is 5.21 Å². The summed E-state index contributed by atoms with van der Waals surface area (Å²) in [5.74, 6) is -0.00551. The maximum absolute atomic E-state index is 8.59. The van der Waals surface area contributed by atoms with Crippen molar-refractivity contribution in [1.82, 2.24) is 4.98 Å². The first-order chi connectivity index (χ1) is 9.60. The fourth-order valence-corrected chi connectivity index (χ4v) is 2.03. The Bertz CT molecular complexity index is 613. The van der Waals surface area contributed by atoms with Gasteiger partial charge in [-0.2, -0.15) is 0 Å². The summed E-state index contributed by atoms with van der Waals surface area (Å²) >= 11 is 5.96. The van der Waals surface area contributed by atoms with E-state index < -0.39 is 0 Å². The minimum atomic E-state index is -0.00551. The minimum absolute atomic E-state index is 0.00551. The van der Waals surface area contributed by atoms with E-state index in [0.29, 0.717) is 12.2 Å². The Hall–Kier alpha value is -2.27. The first-order valence-corrected chi connectivity index (χ1v) is 6.37. The summed E-state index contributed by atoms with van der Waals surface area (Å²) in [6.45, 7) is 0.713. The Labute approximate surface area is 122 Å². The van der Waals surface area contributed by atoms with Crippen molar-refractivity contribution in [2.24, 2.45) is 10.9 Å². The van der Waals surface area contributed by atoms with Crippen LogP contribution in [-0.2, 0) is 6.54 Å². The molecule has 0 aliphatic rings. The third kappa shape index (κ3) is 3.39. The van der Waals surface area contributed by atoms with Crippen LogP contribution in [0.15, 0.2) is 47.8 Å². The summed E-state index contributed by atoms with van der Waals surface area (Å²) in [6.07, 6.45) is 1.68. The maximum Gasteiger partial charge on any atom is 0.188 e. The number of hydrogen-bond acceptors (Lipinski definition) is 4. The van der Waals surface area contributed by atoms with Gasteiger partial charge in [-0.25, -0.2) is 0 Å². The van der Waals surface area contributed by atoms with Gasteiger partial charge in [0.1, 0.15) is 5.69 Å². The molecule has 0 saturated heterocycles. The molecule has 1 aromatic heterocycles. The number of rotatable bonds is 4. The number of pyridine rings is 1. The molecule has 1 heterocycles. The number of nitrogens with zero attached hydrogens (tertiary/aromatic N) is 3. The number of benzene rings is 1. The summed E-state index contributed by atoms with van der Waals surface area (Å²) in [4.78, 5) is 6.18. The molecule has 0 spiro atoms. The average molecular weight is 291 g/mol. The lowest BCUT2D eigenvalue weighted by atomic mass is 10.2. The summed E-state index contributed by atoms with van der Waals surface area (Å²) < 4.78 is 0. The van der Waals surface area contributed by atoms with Gasteiger partial charge >= 0.3 is 0 Å². The first kappa shape index (κ1) is 14.1. The number of aromatic nitrogens is 1. The highest BCUT2D eigenvalue weighted by atomic mass is 35.5. The van der Waals surface area contributed by atoms with Crippen molar-refractivity contribution in [1.29, 1.82) is 0 Å². The number of anilines is 1. The predicted molar refractivity (Wildman–Crippen MR) is 80.3 cm³/mol. The van der Waals surface area contributed by atoms with Crippen LogP contribution in [0.1, 0.15) is 11.3 Å². The summed E-state index contributed by atoms with van der Waals surface area (Å²) in [5.41, 5.74) is 7.95. The zero-order valence-electron chi connectivity index (χ0n) is 11.0. The van der Waals surface area contributed by atoms with E-state index >= 15 is 0 Å². The van der Waals surface area contributed by atoms with Gasteiger partial charge in [0.25, 0.3) is 0 Å². The molecule has 20 heavy (non-hydrogen) atoms. The molecule has 5 nitrogen and oxygen atoms in total. The number of amidine groups is 1. The zero-order chi connectivity index (χ0) is 14.5. The monoisotopic (exact) mass is 290 g/mol. The van der Waals surface area contributed by atoms with E-state index in [0.717, 1.165) is 16.3 Å². The minimum Gasteiger partial charge on any atom is -0.409 e. The highest BCUT2D eigenvalue weighted by molar-refractivity contribution is 6.30. The van der Waals surface area contributed by atoms with Gasteiger partial charge in [-0.05, 0) is 29.8 Å². The standard InChI is InChI=1S/C14H15ClN4O/c1-19(9-10-3-2-4-11(15)7-10)12-5-6-13(17-8-12)14(16)18-20/h2-8,20H,9H2,1H3,(H2,16,18). The van der Waals surface area contributed by atoms with Crippen molar-refractivity contribution in [3.63, 3.8) is 0 Å². The molecule has 0 aliphatic carbocycles. The number of nitrogens with two attached hydrogens (primary N) is 1. The summed E-state index contributed by atoms with van der Waals surface area (Å²) in [5, 5.41) is 12.2. The Morgan fingerprint density at radius 3 is 2.80 bits per heavy atom. The molecule has 2 rings (SSSR count). The second kappa shape index (κ2) is 6.25. The molecule has 0 amide bonds. The molecule has 0 aliphatic heterocycles. The normalized spacial score (nSPS) is 11.4. The van der Waals surface area contributed by atoms with Gasteiger partial charge in [-0.15, -0.1) is 0 Å². The lowest BCUT2D eigenvalue weighted by molar-refractivity contribution is 0.318. The molecule has 0 fully saturated rings. The van der Waals surface area contributed by atoms with Gasteiger partial charge in [0.2, 0.25) is 0 Å². The fourth-order valence-electron chi connectivity index (χ4n) is 1.82. The van der Waals surface area contributed by atoms with Gasteiger partial charge in [-0.1, -0.05) is 28.9 Å². The molecule has 0 unspecified atom stereocenters. The Morgan fingerprint density at radius 1 is 1.40 bits per heavy atom. The molecule has 0 radical (unpaired) electrons. The average Bonchev–Trinajstić information content (AvgIpc) is 2.46. The van der Waals surface area contributed by atoms with Gasteiger partial charge in [0.15, 0.2) is 5.84 Å². The zero-order valence-corrected chi connectivity index (χ0v) is 11.7. The summed E-state index contributed by atoms with van der Waals surface area (Å²) in [7, 11) is 1.96. The van der Waals surface area contributed by atoms with E-state index in [2.05, 4.69) is 10.1 Å². The quantitative estimate of drug-likeness (QED) is 0.393. The van der Waals surface area contributed by atoms with Crippen LogP contribution in [0.2, 0.25) is 5.02 Å². The van der Waals surface area contributed by atoms with Crippen molar-refractivity contribution in [3.8, 4) is 0 Å². The van der Waals surface area contributed by atoms with Crippen LogP contribution in [0.25, 0.3) is 0 Å². The van der Waals surface area contributed by atoms with Crippen LogP contribution >= 0.6 is 11.6 Å². The Kier molecular flexibility index (Phi) is 4.42. The van der Waals surface area contributed by atoms with Gasteiger partial charge in [-0.3, -0.25) is 4.98 Å². The smallest absolute Gasteiger partial charge is 0.188 e. The second-order valence-electron chi connectivity index (χ2n) is 4.37. The SMILES string of the molecule is CN(Cc1cccc(Cl)c1)c1ccc(/C(N)=N/O)nc1. The topological polar surface area (TPSA) is 74.7 Å². The van der Waals surface area contributed by atoms with E-state index in [-0.39, 0.29) is 5.84 Å². The number of oxime groups is 1. The molecular formula is C14H15ClN4O. The molecule has 0 atom stereocenters. The van der Waals surface area contributed by atoms with Crippen molar-refractivity contribution in [3.05, 3.63) is 58.9 Å². The van der Waals surface area contributed by atoms with Crippen LogP contribution in [0, 0.1) is 0 Å². The van der Waals surface area contributed by atoms with Crippen LogP contribution in [0.4, 0.5) is 5.69 Å². The van der Waals surface area contributed by atoms with Crippen molar-refractivity contribution >= 4 is 23.1 Å². The fraction of sp³-hybridized carbons (Fsp3) is 0.143. The van der Waals surface area contributed by atoms with Gasteiger partial charge in [0, 0.05) is 18.6 Å². The number of halogens is 1. The van der Waals surface area contributed by atoms with E-state index in [1.54, 1.807) is 12.3 Å². The van der Waals surface area contributed by atoms with Crippen LogP contribution < -0.4 is 10.6 Å². The van der Waals surface area contributed by atoms with Crippen molar-refractivity contribution in [2.45, 2.75) is 6.54 Å². The van der Waals surface area contributed by atoms with E-state index in [9.17, 15) is 0 Å². The van der Waals surface area contributed by atoms with Crippen LogP contribution in [-0.4, -0.2) is 23.1 Å². The van der Waals surface area contributed by atoms with E-state index in [4.69, 9.17) is 22.5 Å². The molecular weight excluding hydrogens is 276 g/mol. The largest absolute Gasteiger partial charge is 0.409 e. The van der Waals surface area contributed by atoms with Gasteiger partial charge in [0.05, 0.1) is 11.9 Å². The van der Waals surface area contributed by atoms with E-state index in [1.807, 2.05) is 42.3 Å². The van der Waals surface area contributed by atoms with Gasteiger partial charge < -0.3 is 15.8 Å². The highest BCUT2D eigenvalue weighted by Gasteiger charge is 2.05. The molecule has 6 heteroatoms. The molecule has 104 valence electrons. The van der Waals surface area contributed by atoms with E-state index in [1.165, 1.54) is 0 Å². The van der Waals surface area contributed by atoms with Crippen molar-refractivity contribution in [2.75, 3.05) is 11.9 Å². The summed E-state index contributed by atoms with van der Waals surface area (Å²) in [6, 6.07) is 11.3. The third-order valence-electron chi connectivity index (χ3n) is 2.87.